The van der Waals surface area contributed by atoms with Gasteiger partial charge in [-0.25, -0.2) is 0 Å². The van der Waals surface area contributed by atoms with E-state index in [1.54, 1.807) is 17.0 Å². The van der Waals surface area contributed by atoms with Crippen LogP contribution in [0, 0.1) is 0 Å². The fourth-order valence-corrected chi connectivity index (χ4v) is 4.02. The molecular formula is C28H30Cl2N2O2. The molecule has 0 fully saturated rings. The largest absolute Gasteiger partial charge is 0.352 e. The fraction of sp³-hybridized carbons (Fsp3) is 0.286. The maximum Gasteiger partial charge on any atom is 0.243 e. The van der Waals surface area contributed by atoms with E-state index in [-0.39, 0.29) is 30.8 Å². The third-order valence-corrected chi connectivity index (χ3v) is 6.55. The van der Waals surface area contributed by atoms with Gasteiger partial charge >= 0.3 is 0 Å². The molecule has 0 saturated heterocycles. The monoisotopic (exact) mass is 496 g/mol. The summed E-state index contributed by atoms with van der Waals surface area (Å²) in [5.74, 6) is -0.294. The van der Waals surface area contributed by atoms with Crippen molar-refractivity contribution in [2.45, 2.75) is 51.7 Å². The van der Waals surface area contributed by atoms with E-state index in [1.807, 2.05) is 80.6 Å². The van der Waals surface area contributed by atoms with E-state index in [0.29, 0.717) is 16.5 Å². The molecule has 0 heterocycles. The maximum atomic E-state index is 13.6. The van der Waals surface area contributed by atoms with Gasteiger partial charge in [-0.1, -0.05) is 96.9 Å². The van der Waals surface area contributed by atoms with Crippen molar-refractivity contribution in [3.8, 4) is 0 Å². The summed E-state index contributed by atoms with van der Waals surface area (Å²) in [7, 11) is 0. The van der Waals surface area contributed by atoms with Gasteiger partial charge in [0, 0.05) is 19.0 Å². The summed E-state index contributed by atoms with van der Waals surface area (Å²) < 4.78 is 0. The van der Waals surface area contributed by atoms with Gasteiger partial charge in [0.15, 0.2) is 0 Å². The van der Waals surface area contributed by atoms with Gasteiger partial charge in [0.05, 0.1) is 16.5 Å². The zero-order valence-electron chi connectivity index (χ0n) is 19.5. The van der Waals surface area contributed by atoms with Crippen molar-refractivity contribution >= 4 is 35.0 Å². The number of rotatable bonds is 10. The number of nitrogens with zero attached hydrogens (tertiary/aromatic N) is 1. The van der Waals surface area contributed by atoms with Crippen molar-refractivity contribution in [2.24, 2.45) is 0 Å². The van der Waals surface area contributed by atoms with E-state index in [1.165, 1.54) is 0 Å². The Hall–Kier alpha value is -2.82. The predicted molar refractivity (Wildman–Crippen MR) is 139 cm³/mol. The summed E-state index contributed by atoms with van der Waals surface area (Å²) in [6.07, 6.45) is 1.41. The van der Waals surface area contributed by atoms with Crippen LogP contribution >= 0.6 is 23.2 Å². The molecule has 3 aromatic carbocycles. The topological polar surface area (TPSA) is 49.4 Å². The molecule has 2 amide bonds. The molecule has 6 heteroatoms. The molecule has 3 aromatic rings. The summed E-state index contributed by atoms with van der Waals surface area (Å²) >= 11 is 12.4. The first-order valence-corrected chi connectivity index (χ1v) is 12.2. The lowest BCUT2D eigenvalue weighted by Crippen LogP contribution is -2.52. The molecule has 0 aliphatic carbocycles. The predicted octanol–water partition coefficient (Wildman–Crippen LogP) is 6.09. The Labute approximate surface area is 211 Å². The fourth-order valence-electron chi connectivity index (χ4n) is 3.70. The van der Waals surface area contributed by atoms with Crippen molar-refractivity contribution in [3.05, 3.63) is 106 Å². The third-order valence-electron chi connectivity index (χ3n) is 5.81. The molecule has 0 bridgehead atoms. The molecule has 0 spiro atoms. The molecule has 0 aliphatic rings. The van der Waals surface area contributed by atoms with Crippen LogP contribution in [0.4, 0.5) is 0 Å². The Bertz CT molecular complexity index is 1090. The molecule has 4 nitrogen and oxygen atoms in total. The molecule has 3 rings (SSSR count). The van der Waals surface area contributed by atoms with Crippen molar-refractivity contribution in [1.29, 1.82) is 0 Å². The Morgan fingerprint density at radius 3 is 2.06 bits per heavy atom. The first-order valence-electron chi connectivity index (χ1n) is 11.5. The average molecular weight is 497 g/mol. The van der Waals surface area contributed by atoms with Crippen LogP contribution in [0.3, 0.4) is 0 Å². The quantitative estimate of drug-likeness (QED) is 0.369. The highest BCUT2D eigenvalue weighted by Gasteiger charge is 2.31. The standard InChI is InChI=1S/C28H30Cl2N2O2/c1-3-20(2)31-28(34)26(17-21-10-6-4-7-11-21)32(19-23-14-15-24(29)25(30)16-23)27(33)18-22-12-8-5-9-13-22/h4-16,20,26H,3,17-19H2,1-2H3,(H,31,34)/t20-,26-/m1/s1. The minimum atomic E-state index is -0.679. The van der Waals surface area contributed by atoms with E-state index in [2.05, 4.69) is 5.32 Å². The third kappa shape index (κ3) is 7.34. The minimum Gasteiger partial charge on any atom is -0.352 e. The summed E-state index contributed by atoms with van der Waals surface area (Å²) in [4.78, 5) is 28.8. The molecule has 0 saturated carbocycles. The molecule has 1 N–H and O–H groups in total. The highest BCUT2D eigenvalue weighted by atomic mass is 35.5. The second kappa shape index (κ2) is 12.6. The Morgan fingerprint density at radius 1 is 0.853 bits per heavy atom. The molecule has 2 atom stereocenters. The van der Waals surface area contributed by atoms with Crippen LogP contribution in [0.15, 0.2) is 78.9 Å². The van der Waals surface area contributed by atoms with Crippen LogP contribution in [-0.4, -0.2) is 28.8 Å². The lowest BCUT2D eigenvalue weighted by atomic mass is 10.0. The molecule has 0 radical (unpaired) electrons. The van der Waals surface area contributed by atoms with Gasteiger partial charge in [0.1, 0.15) is 6.04 Å². The number of amides is 2. The number of nitrogens with one attached hydrogen (secondary N) is 1. The van der Waals surface area contributed by atoms with E-state index in [4.69, 9.17) is 23.2 Å². The number of carbonyl (C=O) groups is 2. The van der Waals surface area contributed by atoms with Gasteiger partial charge in [0.2, 0.25) is 11.8 Å². The van der Waals surface area contributed by atoms with Gasteiger partial charge in [-0.2, -0.15) is 0 Å². The SMILES string of the molecule is CC[C@@H](C)NC(=O)[C@@H](Cc1ccccc1)N(Cc1ccc(Cl)c(Cl)c1)C(=O)Cc1ccccc1. The van der Waals surface area contributed by atoms with Crippen LogP contribution in [0.5, 0.6) is 0 Å². The van der Waals surface area contributed by atoms with Gasteiger partial charge in [-0.3, -0.25) is 9.59 Å². The van der Waals surface area contributed by atoms with E-state index in [0.717, 1.165) is 23.1 Å². The molecule has 34 heavy (non-hydrogen) atoms. The van der Waals surface area contributed by atoms with E-state index >= 15 is 0 Å². The summed E-state index contributed by atoms with van der Waals surface area (Å²) in [5.41, 5.74) is 2.69. The molecular weight excluding hydrogens is 467 g/mol. The summed E-state index contributed by atoms with van der Waals surface area (Å²) in [6, 6.07) is 23.9. The summed E-state index contributed by atoms with van der Waals surface area (Å²) in [6.45, 7) is 4.23. The van der Waals surface area contributed by atoms with Crippen LogP contribution in [0.25, 0.3) is 0 Å². The second-order valence-electron chi connectivity index (χ2n) is 8.46. The minimum absolute atomic E-state index is 0.00169. The highest BCUT2D eigenvalue weighted by Crippen LogP contribution is 2.24. The van der Waals surface area contributed by atoms with Crippen molar-refractivity contribution in [3.63, 3.8) is 0 Å². The maximum absolute atomic E-state index is 13.6. The lowest BCUT2D eigenvalue weighted by Gasteiger charge is -2.32. The van der Waals surface area contributed by atoms with Crippen LogP contribution < -0.4 is 5.32 Å². The van der Waals surface area contributed by atoms with Crippen LogP contribution in [-0.2, 0) is 29.0 Å². The zero-order valence-corrected chi connectivity index (χ0v) is 21.0. The number of halogens is 2. The van der Waals surface area contributed by atoms with E-state index < -0.39 is 6.04 Å². The number of carbonyl (C=O) groups excluding carboxylic acids is 2. The van der Waals surface area contributed by atoms with Gasteiger partial charge < -0.3 is 10.2 Å². The Morgan fingerprint density at radius 2 is 1.47 bits per heavy atom. The van der Waals surface area contributed by atoms with Crippen molar-refractivity contribution < 1.29 is 9.59 Å². The first kappa shape index (κ1) is 25.8. The summed E-state index contributed by atoms with van der Waals surface area (Å²) in [5, 5.41) is 3.94. The van der Waals surface area contributed by atoms with Crippen LogP contribution in [0.1, 0.15) is 37.0 Å². The van der Waals surface area contributed by atoms with Crippen molar-refractivity contribution in [1.82, 2.24) is 10.2 Å². The van der Waals surface area contributed by atoms with Gasteiger partial charge in [0.25, 0.3) is 0 Å². The van der Waals surface area contributed by atoms with Crippen molar-refractivity contribution in [2.75, 3.05) is 0 Å². The number of hydrogen-bond donors (Lipinski definition) is 1. The van der Waals surface area contributed by atoms with E-state index in [9.17, 15) is 9.59 Å². The molecule has 0 aromatic heterocycles. The second-order valence-corrected chi connectivity index (χ2v) is 9.27. The lowest BCUT2D eigenvalue weighted by molar-refractivity contribution is -0.141. The Kier molecular flexibility index (Phi) is 9.55. The smallest absolute Gasteiger partial charge is 0.243 e. The molecule has 0 unspecified atom stereocenters. The number of benzene rings is 3. The van der Waals surface area contributed by atoms with Gasteiger partial charge in [-0.15, -0.1) is 0 Å². The first-order chi connectivity index (χ1) is 16.4. The highest BCUT2D eigenvalue weighted by molar-refractivity contribution is 6.42. The normalized spacial score (nSPS) is 12.6. The van der Waals surface area contributed by atoms with Crippen LogP contribution in [0.2, 0.25) is 10.0 Å². The average Bonchev–Trinajstić information content (AvgIpc) is 2.84. The zero-order chi connectivity index (χ0) is 24.5. The molecule has 178 valence electrons. The van der Waals surface area contributed by atoms with Gasteiger partial charge in [-0.05, 0) is 42.2 Å². The molecule has 0 aliphatic heterocycles. The number of hydrogen-bond acceptors (Lipinski definition) is 2. The Balaban J connectivity index is 1.98.